The van der Waals surface area contributed by atoms with Crippen LogP contribution in [0.15, 0.2) is 60.8 Å². The third-order valence-electron chi connectivity index (χ3n) is 7.69. The Morgan fingerprint density at radius 3 is 1.72 bits per heavy atom. The molecule has 0 spiro atoms. The van der Waals surface area contributed by atoms with E-state index in [4.69, 9.17) is 23.6 Å². The van der Waals surface area contributed by atoms with Crippen LogP contribution < -0.4 is 0 Å². The van der Waals surface area contributed by atoms with Crippen LogP contribution in [0.25, 0.3) is 0 Å². The zero-order chi connectivity index (χ0) is 36.8. The first-order valence-electron chi connectivity index (χ1n) is 19.3. The third-order valence-corrected chi connectivity index (χ3v) is 8.64. The fraction of sp³-hybridized carbons (Fsp3) is 0.725. The van der Waals surface area contributed by atoms with Crippen LogP contribution in [0.3, 0.4) is 0 Å². The maximum Gasteiger partial charge on any atom is 0.472 e. The number of aliphatic hydroxyl groups is 2. The standard InChI is InChI=1S/C40H71O9P/c1-3-5-7-9-11-13-15-17-18-19-21-23-25-27-29-31-33-46-36-39(37-48-50(44,45)47-35-38(42)34-41)49-40(43)32-30-28-26-24-22-20-16-14-12-10-8-6-4-2/h6,8,11-14,17-18,20,22,38-39,41-42H,3-5,7,9-10,15-16,19,21,23-37H2,1-2H3,(H,44,45)/b8-6-,13-11-,14-12-,18-17-,22-20-. The molecule has 9 nitrogen and oxygen atoms in total. The first-order chi connectivity index (χ1) is 24.3. The zero-order valence-corrected chi connectivity index (χ0v) is 32.2. The maximum absolute atomic E-state index is 12.5. The molecule has 0 aliphatic rings. The predicted molar refractivity (Wildman–Crippen MR) is 205 cm³/mol. The SMILES string of the molecule is CC/C=C\C/C=C\C/C=C\CCCCCC(=O)OC(COCCCCCCCC/C=C\C/C=C\CCCCC)COP(=O)(O)OCC(O)CO. The Bertz CT molecular complexity index is 960. The Balaban J connectivity index is 4.30. The van der Waals surface area contributed by atoms with E-state index in [2.05, 4.69) is 74.6 Å². The number of hydrogen-bond donors (Lipinski definition) is 3. The van der Waals surface area contributed by atoms with Crippen LogP contribution in [0, 0.1) is 0 Å². The molecule has 0 saturated heterocycles. The molecule has 3 N–H and O–H groups in total. The molecule has 3 unspecified atom stereocenters. The van der Waals surface area contributed by atoms with E-state index in [-0.39, 0.29) is 13.0 Å². The van der Waals surface area contributed by atoms with Crippen LogP contribution >= 0.6 is 7.82 Å². The van der Waals surface area contributed by atoms with Crippen molar-refractivity contribution in [1.82, 2.24) is 0 Å². The summed E-state index contributed by atoms with van der Waals surface area (Å²) in [6.45, 7) is 3.28. The molecule has 50 heavy (non-hydrogen) atoms. The molecule has 0 amide bonds. The number of carbonyl (C=O) groups is 1. The van der Waals surface area contributed by atoms with Crippen LogP contribution in [0.1, 0.15) is 142 Å². The number of carbonyl (C=O) groups excluding carboxylic acids is 1. The van der Waals surface area contributed by atoms with Gasteiger partial charge in [-0.05, 0) is 77.0 Å². The molecule has 0 heterocycles. The number of ether oxygens (including phenoxy) is 2. The maximum atomic E-state index is 12.5. The Kier molecular flexibility index (Phi) is 35.6. The molecule has 0 fully saturated rings. The number of esters is 1. The lowest BCUT2D eigenvalue weighted by molar-refractivity contribution is -0.154. The van der Waals surface area contributed by atoms with Crippen LogP contribution in [-0.2, 0) is 27.9 Å². The van der Waals surface area contributed by atoms with Crippen LogP contribution in [0.5, 0.6) is 0 Å². The van der Waals surface area contributed by atoms with Gasteiger partial charge in [-0.25, -0.2) is 4.57 Å². The van der Waals surface area contributed by atoms with Crippen LogP contribution in [0.2, 0.25) is 0 Å². The molecule has 0 aromatic carbocycles. The van der Waals surface area contributed by atoms with Gasteiger partial charge in [-0.3, -0.25) is 13.8 Å². The van der Waals surface area contributed by atoms with E-state index in [1.807, 2.05) is 0 Å². The van der Waals surface area contributed by atoms with Crippen molar-refractivity contribution in [3.8, 4) is 0 Å². The van der Waals surface area contributed by atoms with Crippen LogP contribution in [0.4, 0.5) is 0 Å². The highest BCUT2D eigenvalue weighted by atomic mass is 31.2. The van der Waals surface area contributed by atoms with E-state index >= 15 is 0 Å². The lowest BCUT2D eigenvalue weighted by atomic mass is 10.1. The number of allylic oxidation sites excluding steroid dienone is 10. The fourth-order valence-electron chi connectivity index (χ4n) is 4.75. The van der Waals surface area contributed by atoms with Crippen molar-refractivity contribution in [2.45, 2.75) is 154 Å². The molecule has 0 rings (SSSR count). The number of phosphoric acid groups is 1. The molecule has 290 valence electrons. The van der Waals surface area contributed by atoms with Gasteiger partial charge < -0.3 is 24.6 Å². The smallest absolute Gasteiger partial charge is 0.457 e. The summed E-state index contributed by atoms with van der Waals surface area (Å²) in [4.78, 5) is 22.5. The van der Waals surface area contributed by atoms with E-state index in [1.54, 1.807) is 0 Å². The third kappa shape index (κ3) is 36.0. The highest BCUT2D eigenvalue weighted by Crippen LogP contribution is 2.43. The van der Waals surface area contributed by atoms with Gasteiger partial charge >= 0.3 is 13.8 Å². The Morgan fingerprint density at radius 2 is 1.14 bits per heavy atom. The van der Waals surface area contributed by atoms with Gasteiger partial charge in [0.1, 0.15) is 12.2 Å². The molecule has 0 aromatic rings. The number of phosphoric ester groups is 1. The van der Waals surface area contributed by atoms with E-state index in [9.17, 15) is 19.4 Å². The van der Waals surface area contributed by atoms with Gasteiger partial charge in [-0.15, -0.1) is 0 Å². The second-order valence-corrected chi connectivity index (χ2v) is 14.0. The second-order valence-electron chi connectivity index (χ2n) is 12.6. The number of unbranched alkanes of at least 4 members (excludes halogenated alkanes) is 12. The highest BCUT2D eigenvalue weighted by Gasteiger charge is 2.26. The van der Waals surface area contributed by atoms with Gasteiger partial charge in [0.25, 0.3) is 0 Å². The molecule has 0 aliphatic carbocycles. The topological polar surface area (TPSA) is 132 Å². The largest absolute Gasteiger partial charge is 0.472 e. The summed E-state index contributed by atoms with van der Waals surface area (Å²) >= 11 is 0. The average molecular weight is 727 g/mol. The molecule has 0 bridgehead atoms. The highest BCUT2D eigenvalue weighted by molar-refractivity contribution is 7.47. The summed E-state index contributed by atoms with van der Waals surface area (Å²) < 4.78 is 33.2. The monoisotopic (exact) mass is 726 g/mol. The summed E-state index contributed by atoms with van der Waals surface area (Å²) in [6.07, 6.45) is 40.4. The zero-order valence-electron chi connectivity index (χ0n) is 31.3. The lowest BCUT2D eigenvalue weighted by Gasteiger charge is -2.20. The Labute approximate surface area is 304 Å². The van der Waals surface area contributed by atoms with Gasteiger partial charge in [0.15, 0.2) is 0 Å². The summed E-state index contributed by atoms with van der Waals surface area (Å²) in [7, 11) is -4.53. The van der Waals surface area contributed by atoms with Crippen molar-refractivity contribution < 1.29 is 43.0 Å². The molecule has 3 atom stereocenters. The van der Waals surface area contributed by atoms with E-state index in [1.165, 1.54) is 44.9 Å². The number of rotatable bonds is 36. The average Bonchev–Trinajstić information content (AvgIpc) is 3.10. The normalized spacial score (nSPS) is 14.9. The summed E-state index contributed by atoms with van der Waals surface area (Å²) in [5.74, 6) is -0.418. The fourth-order valence-corrected chi connectivity index (χ4v) is 5.54. The van der Waals surface area contributed by atoms with Crippen molar-refractivity contribution in [3.63, 3.8) is 0 Å². The quantitative estimate of drug-likeness (QED) is 0.0250. The molecule has 0 saturated carbocycles. The molecule has 0 radical (unpaired) electrons. The first-order valence-corrected chi connectivity index (χ1v) is 20.8. The minimum atomic E-state index is -4.53. The molecule has 0 aliphatic heterocycles. The molecular weight excluding hydrogens is 655 g/mol. The van der Waals surface area contributed by atoms with Crippen molar-refractivity contribution in [2.24, 2.45) is 0 Å². The number of hydrogen-bond acceptors (Lipinski definition) is 8. The number of aliphatic hydroxyl groups excluding tert-OH is 2. The lowest BCUT2D eigenvalue weighted by Crippen LogP contribution is -2.29. The van der Waals surface area contributed by atoms with Crippen LogP contribution in [-0.4, -0.2) is 66.3 Å². The van der Waals surface area contributed by atoms with Gasteiger partial charge in [0, 0.05) is 13.0 Å². The summed E-state index contributed by atoms with van der Waals surface area (Å²) in [5, 5.41) is 18.3. The molecule has 0 aromatic heterocycles. The summed E-state index contributed by atoms with van der Waals surface area (Å²) in [6, 6.07) is 0. The van der Waals surface area contributed by atoms with E-state index in [0.717, 1.165) is 70.6 Å². The van der Waals surface area contributed by atoms with Gasteiger partial charge in [0.05, 0.1) is 26.4 Å². The van der Waals surface area contributed by atoms with E-state index < -0.39 is 45.8 Å². The van der Waals surface area contributed by atoms with E-state index in [0.29, 0.717) is 13.0 Å². The van der Waals surface area contributed by atoms with Gasteiger partial charge in [0.2, 0.25) is 0 Å². The van der Waals surface area contributed by atoms with Crippen molar-refractivity contribution >= 4 is 13.8 Å². The Hall–Kier alpha value is -1.84. The molecule has 10 heteroatoms. The first kappa shape index (κ1) is 48.2. The van der Waals surface area contributed by atoms with Crippen molar-refractivity contribution in [1.29, 1.82) is 0 Å². The second kappa shape index (κ2) is 36.9. The minimum Gasteiger partial charge on any atom is -0.457 e. The summed E-state index contributed by atoms with van der Waals surface area (Å²) in [5.41, 5.74) is 0. The van der Waals surface area contributed by atoms with Gasteiger partial charge in [-0.2, -0.15) is 0 Å². The predicted octanol–water partition coefficient (Wildman–Crippen LogP) is 10.0. The van der Waals surface area contributed by atoms with Crippen molar-refractivity contribution in [2.75, 3.05) is 33.0 Å². The molecular formula is C40H71O9P. The van der Waals surface area contributed by atoms with Gasteiger partial charge in [-0.1, -0.05) is 120 Å². The Morgan fingerprint density at radius 1 is 0.640 bits per heavy atom. The van der Waals surface area contributed by atoms with Crippen molar-refractivity contribution in [3.05, 3.63) is 60.8 Å². The minimum absolute atomic E-state index is 0.0272.